The van der Waals surface area contributed by atoms with E-state index >= 15 is 0 Å². The van der Waals surface area contributed by atoms with E-state index in [1.165, 1.54) is 0 Å². The van der Waals surface area contributed by atoms with Crippen LogP contribution in [-0.4, -0.2) is 24.7 Å². The Morgan fingerprint density at radius 1 is 0.967 bits per heavy atom. The number of pyridine rings is 1. The van der Waals surface area contributed by atoms with Crippen molar-refractivity contribution in [3.8, 4) is 10.6 Å². The summed E-state index contributed by atoms with van der Waals surface area (Å²) in [5, 5.41) is 10.8. The van der Waals surface area contributed by atoms with Gasteiger partial charge in [-0.1, -0.05) is 42.5 Å². The Morgan fingerprint density at radius 3 is 2.60 bits per heavy atom. The minimum atomic E-state index is 0.513. The molecule has 0 amide bonds. The number of benzene rings is 1. The first kappa shape index (κ1) is 18.3. The number of nitrogen functional groups attached to an aromatic ring is 1. The molecule has 4 aromatic heterocycles. The first-order chi connectivity index (χ1) is 14.8. The number of nitrogens with zero attached hydrogens (tertiary/aromatic N) is 5. The molecule has 1 aromatic carbocycles. The smallest absolute Gasteiger partial charge is 0.225 e. The van der Waals surface area contributed by atoms with Crippen molar-refractivity contribution in [1.29, 1.82) is 0 Å². The minimum Gasteiger partial charge on any atom is -0.383 e. The Bertz CT molecular complexity index is 1270. The summed E-state index contributed by atoms with van der Waals surface area (Å²) in [6.45, 7) is 1.15. The summed E-state index contributed by atoms with van der Waals surface area (Å²) in [7, 11) is 0. The van der Waals surface area contributed by atoms with Gasteiger partial charge in [-0.2, -0.15) is 4.98 Å². The molecule has 0 aliphatic carbocycles. The lowest BCUT2D eigenvalue weighted by atomic mass is 10.2. The average molecular weight is 414 g/mol. The van der Waals surface area contributed by atoms with Crippen LogP contribution in [0.15, 0.2) is 72.4 Å². The molecule has 30 heavy (non-hydrogen) atoms. The summed E-state index contributed by atoms with van der Waals surface area (Å²) < 4.78 is 1.79. The van der Waals surface area contributed by atoms with E-state index in [2.05, 4.69) is 32.5 Å². The van der Waals surface area contributed by atoms with E-state index in [0.29, 0.717) is 30.5 Å². The third kappa shape index (κ3) is 3.60. The van der Waals surface area contributed by atoms with Crippen LogP contribution >= 0.6 is 11.3 Å². The van der Waals surface area contributed by atoms with Crippen molar-refractivity contribution in [2.75, 3.05) is 11.1 Å². The van der Waals surface area contributed by atoms with Gasteiger partial charge >= 0.3 is 0 Å². The Morgan fingerprint density at radius 2 is 1.83 bits per heavy atom. The fourth-order valence-electron chi connectivity index (χ4n) is 3.29. The van der Waals surface area contributed by atoms with Gasteiger partial charge in [-0.3, -0.25) is 4.98 Å². The van der Waals surface area contributed by atoms with E-state index in [-0.39, 0.29) is 0 Å². The van der Waals surface area contributed by atoms with Crippen LogP contribution in [0.1, 0.15) is 11.1 Å². The number of rotatable bonds is 6. The molecule has 0 spiro atoms. The van der Waals surface area contributed by atoms with Crippen molar-refractivity contribution >= 4 is 34.1 Å². The molecule has 3 N–H and O–H groups in total. The van der Waals surface area contributed by atoms with Crippen molar-refractivity contribution in [3.05, 3.63) is 83.5 Å². The van der Waals surface area contributed by atoms with Gasteiger partial charge in [0.25, 0.3) is 0 Å². The van der Waals surface area contributed by atoms with E-state index in [9.17, 15) is 0 Å². The summed E-state index contributed by atoms with van der Waals surface area (Å²) in [6.07, 6.45) is 3.57. The van der Waals surface area contributed by atoms with Crippen LogP contribution in [0.4, 0.5) is 11.8 Å². The third-order valence-corrected chi connectivity index (χ3v) is 5.62. The molecule has 0 aliphatic rings. The molecule has 0 bridgehead atoms. The van der Waals surface area contributed by atoms with Gasteiger partial charge in [0.2, 0.25) is 5.95 Å². The highest BCUT2D eigenvalue weighted by Crippen LogP contribution is 2.34. The van der Waals surface area contributed by atoms with Gasteiger partial charge in [-0.15, -0.1) is 16.4 Å². The summed E-state index contributed by atoms with van der Waals surface area (Å²) in [6, 6.07) is 18.1. The zero-order valence-corrected chi connectivity index (χ0v) is 16.9. The van der Waals surface area contributed by atoms with E-state index in [4.69, 9.17) is 10.7 Å². The van der Waals surface area contributed by atoms with Gasteiger partial charge in [0, 0.05) is 18.9 Å². The van der Waals surface area contributed by atoms with Crippen LogP contribution in [-0.2, 0) is 13.1 Å². The fourth-order valence-corrected chi connectivity index (χ4v) is 4.01. The summed E-state index contributed by atoms with van der Waals surface area (Å²) >= 11 is 1.62. The van der Waals surface area contributed by atoms with Gasteiger partial charge in [-0.05, 0) is 28.6 Å². The number of nitrogens with one attached hydrogen (secondary N) is 1. The number of nitrogens with two attached hydrogens (primary N) is 1. The van der Waals surface area contributed by atoms with Crippen LogP contribution in [0.3, 0.4) is 0 Å². The zero-order chi connectivity index (χ0) is 20.3. The van der Waals surface area contributed by atoms with Crippen LogP contribution in [0.5, 0.6) is 0 Å². The third-order valence-electron chi connectivity index (χ3n) is 4.74. The van der Waals surface area contributed by atoms with Gasteiger partial charge in [0.05, 0.1) is 22.5 Å². The maximum atomic E-state index is 6.51. The topological polar surface area (TPSA) is 94.5 Å². The lowest BCUT2D eigenvalue weighted by Gasteiger charge is -2.07. The molecule has 4 heterocycles. The SMILES string of the molecule is Nc1c2c(-c3cccs3)nc(NCc3cccnc3)nc2nn1Cc1ccccc1. The zero-order valence-electron chi connectivity index (χ0n) is 16.1. The van der Waals surface area contributed by atoms with Crippen LogP contribution < -0.4 is 11.1 Å². The maximum absolute atomic E-state index is 6.51. The Labute approximate surface area is 177 Å². The minimum absolute atomic E-state index is 0.513. The number of anilines is 2. The Kier molecular flexibility index (Phi) is 4.82. The molecule has 7 nitrogen and oxygen atoms in total. The number of hydrogen-bond donors (Lipinski definition) is 2. The molecular weight excluding hydrogens is 394 g/mol. The van der Waals surface area contributed by atoms with Crippen molar-refractivity contribution in [2.24, 2.45) is 0 Å². The maximum Gasteiger partial charge on any atom is 0.225 e. The van der Waals surface area contributed by atoms with Crippen molar-refractivity contribution in [1.82, 2.24) is 24.7 Å². The van der Waals surface area contributed by atoms with E-state index in [0.717, 1.165) is 27.1 Å². The van der Waals surface area contributed by atoms with Crippen molar-refractivity contribution in [3.63, 3.8) is 0 Å². The van der Waals surface area contributed by atoms with Gasteiger partial charge in [0.15, 0.2) is 5.65 Å². The first-order valence-electron chi connectivity index (χ1n) is 9.52. The predicted octanol–water partition coefficient (Wildman–Crippen LogP) is 4.19. The van der Waals surface area contributed by atoms with Crippen LogP contribution in [0, 0.1) is 0 Å². The fraction of sp³-hybridized carbons (Fsp3) is 0.0909. The molecule has 0 unspecified atom stereocenters. The monoisotopic (exact) mass is 413 g/mol. The standard InChI is InChI=1S/C22H19N7S/c23-20-18-19(17-9-5-11-30-17)26-22(25-13-16-8-4-10-24-12-16)27-21(18)28-29(20)14-15-6-2-1-3-7-15/h1-12H,13-14,23H2,(H,25,27,28). The van der Waals surface area contributed by atoms with Crippen molar-refractivity contribution in [2.45, 2.75) is 13.1 Å². The van der Waals surface area contributed by atoms with Crippen LogP contribution in [0.25, 0.3) is 21.6 Å². The number of aromatic nitrogens is 5. The Hall–Kier alpha value is -3.78. The largest absolute Gasteiger partial charge is 0.383 e. The van der Waals surface area contributed by atoms with Gasteiger partial charge < -0.3 is 11.1 Å². The summed E-state index contributed by atoms with van der Waals surface area (Å²) in [5.74, 6) is 1.08. The molecular formula is C22H19N7S. The Balaban J connectivity index is 1.56. The van der Waals surface area contributed by atoms with E-state index in [1.54, 1.807) is 22.2 Å². The van der Waals surface area contributed by atoms with Crippen LogP contribution in [0.2, 0.25) is 0 Å². The predicted molar refractivity (Wildman–Crippen MR) is 120 cm³/mol. The molecule has 5 aromatic rings. The van der Waals surface area contributed by atoms with Gasteiger partial charge in [-0.25, -0.2) is 9.67 Å². The molecule has 5 rings (SSSR count). The molecule has 0 fully saturated rings. The van der Waals surface area contributed by atoms with E-state index < -0.39 is 0 Å². The molecule has 0 atom stereocenters. The number of hydrogen-bond acceptors (Lipinski definition) is 7. The quantitative estimate of drug-likeness (QED) is 0.433. The van der Waals surface area contributed by atoms with Gasteiger partial charge in [0.1, 0.15) is 5.82 Å². The first-order valence-corrected chi connectivity index (χ1v) is 10.4. The normalized spacial score (nSPS) is 11.1. The lowest BCUT2D eigenvalue weighted by Crippen LogP contribution is -2.05. The number of fused-ring (bicyclic) bond motifs is 1. The highest BCUT2D eigenvalue weighted by atomic mass is 32.1. The average Bonchev–Trinajstić information content (AvgIpc) is 3.42. The number of thiophene rings is 1. The summed E-state index contributed by atoms with van der Waals surface area (Å²) in [4.78, 5) is 14.6. The molecule has 8 heteroatoms. The summed E-state index contributed by atoms with van der Waals surface area (Å²) in [5.41, 5.74) is 10.0. The second-order valence-electron chi connectivity index (χ2n) is 6.82. The molecule has 0 saturated carbocycles. The lowest BCUT2D eigenvalue weighted by molar-refractivity contribution is 0.703. The molecule has 0 aliphatic heterocycles. The van der Waals surface area contributed by atoms with E-state index in [1.807, 2.05) is 54.0 Å². The highest BCUT2D eigenvalue weighted by molar-refractivity contribution is 7.13. The molecule has 0 radical (unpaired) electrons. The second-order valence-corrected chi connectivity index (χ2v) is 7.76. The molecule has 0 saturated heterocycles. The highest BCUT2D eigenvalue weighted by Gasteiger charge is 2.19. The van der Waals surface area contributed by atoms with Crippen molar-refractivity contribution < 1.29 is 0 Å². The second kappa shape index (κ2) is 7.92. The molecule has 148 valence electrons.